The summed E-state index contributed by atoms with van der Waals surface area (Å²) in [6.45, 7) is -1.32. The second-order valence-corrected chi connectivity index (χ2v) is 7.60. The number of nitrogens with zero attached hydrogens (tertiary/aromatic N) is 3. The lowest BCUT2D eigenvalue weighted by atomic mass is 9.95. The van der Waals surface area contributed by atoms with Crippen molar-refractivity contribution in [2.24, 2.45) is 5.73 Å². The Morgan fingerprint density at radius 2 is 1.80 bits per heavy atom. The molecule has 156 valence electrons. The molecule has 1 amide bonds. The molecule has 5 nitrogen and oxygen atoms in total. The predicted molar refractivity (Wildman–Crippen MR) is 101 cm³/mol. The van der Waals surface area contributed by atoms with Crippen molar-refractivity contribution in [3.8, 4) is 11.4 Å². The first-order valence-electron chi connectivity index (χ1n) is 8.97. The number of rotatable bonds is 5. The van der Waals surface area contributed by atoms with Crippen LogP contribution in [0.5, 0.6) is 0 Å². The molecule has 1 fully saturated rings. The SMILES string of the molecule is NC(=O)c1ccc(-c2nnc(C3(c4ccc(F)cc4)CC3)n2CC(F)(F)F)c(Cl)c1. The summed E-state index contributed by atoms with van der Waals surface area (Å²) in [5.41, 5.74) is 5.43. The molecule has 4 rings (SSSR count). The minimum atomic E-state index is -4.54. The van der Waals surface area contributed by atoms with Gasteiger partial charge in [-0.25, -0.2) is 4.39 Å². The van der Waals surface area contributed by atoms with Crippen LogP contribution in [-0.2, 0) is 12.0 Å². The van der Waals surface area contributed by atoms with E-state index in [1.54, 1.807) is 12.1 Å². The van der Waals surface area contributed by atoms with E-state index >= 15 is 0 Å². The first-order chi connectivity index (χ1) is 14.1. The lowest BCUT2D eigenvalue weighted by Crippen LogP contribution is -2.24. The van der Waals surface area contributed by atoms with Crippen LogP contribution >= 0.6 is 11.6 Å². The highest BCUT2D eigenvalue weighted by Gasteiger charge is 2.51. The Morgan fingerprint density at radius 3 is 2.33 bits per heavy atom. The van der Waals surface area contributed by atoms with Crippen LogP contribution in [0.1, 0.15) is 34.6 Å². The van der Waals surface area contributed by atoms with E-state index in [1.807, 2.05) is 0 Å². The van der Waals surface area contributed by atoms with Crippen molar-refractivity contribution in [3.63, 3.8) is 0 Å². The van der Waals surface area contributed by atoms with Crippen molar-refractivity contribution >= 4 is 17.5 Å². The Morgan fingerprint density at radius 1 is 1.13 bits per heavy atom. The molecule has 2 N–H and O–H groups in total. The molecule has 1 aromatic heterocycles. The number of primary amides is 1. The van der Waals surface area contributed by atoms with Crippen LogP contribution in [0.2, 0.25) is 5.02 Å². The molecule has 10 heteroatoms. The number of carbonyl (C=O) groups excluding carboxylic acids is 1. The summed E-state index contributed by atoms with van der Waals surface area (Å²) < 4.78 is 54.5. The number of alkyl halides is 3. The maximum Gasteiger partial charge on any atom is 0.406 e. The van der Waals surface area contributed by atoms with Crippen molar-refractivity contribution in [3.05, 3.63) is 70.3 Å². The highest BCUT2D eigenvalue weighted by atomic mass is 35.5. The van der Waals surface area contributed by atoms with Crippen molar-refractivity contribution in [2.45, 2.75) is 31.0 Å². The first-order valence-corrected chi connectivity index (χ1v) is 9.35. The molecule has 0 radical (unpaired) electrons. The summed E-state index contributed by atoms with van der Waals surface area (Å²) in [5, 5.41) is 8.10. The van der Waals surface area contributed by atoms with Gasteiger partial charge in [0, 0.05) is 11.1 Å². The third kappa shape index (κ3) is 3.65. The topological polar surface area (TPSA) is 73.8 Å². The molecule has 0 atom stereocenters. The molecule has 3 aromatic rings. The van der Waals surface area contributed by atoms with E-state index in [-0.39, 0.29) is 27.8 Å². The van der Waals surface area contributed by atoms with Crippen LogP contribution in [0.3, 0.4) is 0 Å². The fraction of sp³-hybridized carbons (Fsp3) is 0.250. The third-order valence-corrected chi connectivity index (χ3v) is 5.47. The summed E-state index contributed by atoms with van der Waals surface area (Å²) in [5.74, 6) is -1.09. The Hall–Kier alpha value is -2.94. The molecule has 0 unspecified atom stereocenters. The van der Waals surface area contributed by atoms with Crippen molar-refractivity contribution < 1.29 is 22.4 Å². The van der Waals surface area contributed by atoms with Gasteiger partial charge >= 0.3 is 6.18 Å². The lowest BCUT2D eigenvalue weighted by molar-refractivity contribution is -0.140. The number of carbonyl (C=O) groups is 1. The summed E-state index contributed by atoms with van der Waals surface area (Å²) in [6, 6.07) is 9.65. The molecule has 0 spiro atoms. The fourth-order valence-corrected chi connectivity index (χ4v) is 3.84. The average molecular weight is 439 g/mol. The fourth-order valence-electron chi connectivity index (χ4n) is 3.57. The normalized spacial score (nSPS) is 15.2. The van der Waals surface area contributed by atoms with Gasteiger partial charge in [0.1, 0.15) is 18.2 Å². The number of benzene rings is 2. The van der Waals surface area contributed by atoms with Gasteiger partial charge in [-0.1, -0.05) is 23.7 Å². The molecular formula is C20H15ClF4N4O. The van der Waals surface area contributed by atoms with Gasteiger partial charge in [-0.05, 0) is 48.7 Å². The minimum Gasteiger partial charge on any atom is -0.366 e. The van der Waals surface area contributed by atoms with E-state index in [0.717, 1.165) is 4.57 Å². The molecule has 1 saturated carbocycles. The maximum atomic E-state index is 13.4. The average Bonchev–Trinajstić information content (AvgIpc) is 3.37. The van der Waals surface area contributed by atoms with Gasteiger partial charge in [0.15, 0.2) is 5.82 Å². The van der Waals surface area contributed by atoms with Gasteiger partial charge in [0.25, 0.3) is 0 Å². The summed E-state index contributed by atoms with van der Waals surface area (Å²) >= 11 is 6.21. The second kappa shape index (κ2) is 7.09. The van der Waals surface area contributed by atoms with Gasteiger partial charge in [-0.15, -0.1) is 10.2 Å². The van der Waals surface area contributed by atoms with E-state index in [1.165, 1.54) is 30.3 Å². The Labute approximate surface area is 173 Å². The molecule has 30 heavy (non-hydrogen) atoms. The van der Waals surface area contributed by atoms with Crippen LogP contribution in [0.25, 0.3) is 11.4 Å². The Bertz CT molecular complexity index is 1120. The molecular weight excluding hydrogens is 424 g/mol. The number of hydrogen-bond donors (Lipinski definition) is 1. The Kier molecular flexibility index (Phi) is 4.80. The van der Waals surface area contributed by atoms with Crippen LogP contribution in [-0.4, -0.2) is 26.8 Å². The van der Waals surface area contributed by atoms with E-state index in [2.05, 4.69) is 10.2 Å². The minimum absolute atomic E-state index is 0.0281. The van der Waals surface area contributed by atoms with Crippen LogP contribution in [0, 0.1) is 5.82 Å². The highest BCUT2D eigenvalue weighted by Crippen LogP contribution is 2.53. The monoisotopic (exact) mass is 438 g/mol. The first kappa shape index (κ1) is 20.3. The largest absolute Gasteiger partial charge is 0.406 e. The number of nitrogens with two attached hydrogens (primary N) is 1. The van der Waals surface area contributed by atoms with E-state index in [4.69, 9.17) is 17.3 Å². The predicted octanol–water partition coefficient (Wildman–Crippen LogP) is 4.48. The van der Waals surface area contributed by atoms with Gasteiger partial charge in [-0.2, -0.15) is 13.2 Å². The van der Waals surface area contributed by atoms with E-state index in [9.17, 15) is 22.4 Å². The standard InChI is InChI=1S/C20H15ClF4N4O/c21-15-9-11(16(26)30)1-6-14(15)17-27-28-18(29(17)10-20(23,24)25)19(7-8-19)12-2-4-13(22)5-3-12/h1-6,9H,7-8,10H2,(H2,26,30). The summed E-state index contributed by atoms with van der Waals surface area (Å²) in [7, 11) is 0. The van der Waals surface area contributed by atoms with Crippen LogP contribution in [0.15, 0.2) is 42.5 Å². The zero-order valence-corrected chi connectivity index (χ0v) is 16.1. The number of halogens is 5. The van der Waals surface area contributed by atoms with Gasteiger partial charge in [0.05, 0.1) is 10.4 Å². The number of aromatic nitrogens is 3. The molecule has 1 aliphatic carbocycles. The summed E-state index contributed by atoms with van der Waals surface area (Å²) in [4.78, 5) is 11.3. The zero-order valence-electron chi connectivity index (χ0n) is 15.4. The molecule has 1 aliphatic rings. The van der Waals surface area contributed by atoms with E-state index < -0.39 is 29.9 Å². The quantitative estimate of drug-likeness (QED) is 0.597. The smallest absolute Gasteiger partial charge is 0.366 e. The van der Waals surface area contributed by atoms with Crippen LogP contribution in [0.4, 0.5) is 17.6 Å². The van der Waals surface area contributed by atoms with Crippen molar-refractivity contribution in [2.75, 3.05) is 0 Å². The third-order valence-electron chi connectivity index (χ3n) is 5.16. The molecule has 1 heterocycles. The van der Waals surface area contributed by atoms with Crippen LogP contribution < -0.4 is 5.73 Å². The molecule has 0 bridgehead atoms. The molecule has 0 saturated heterocycles. The maximum absolute atomic E-state index is 13.4. The lowest BCUT2D eigenvalue weighted by Gasteiger charge is -2.19. The highest BCUT2D eigenvalue weighted by molar-refractivity contribution is 6.33. The molecule has 0 aliphatic heterocycles. The number of hydrogen-bond acceptors (Lipinski definition) is 3. The zero-order chi connectivity index (χ0) is 21.7. The van der Waals surface area contributed by atoms with Gasteiger partial charge in [0.2, 0.25) is 5.91 Å². The van der Waals surface area contributed by atoms with Gasteiger partial charge in [-0.3, -0.25) is 4.79 Å². The van der Waals surface area contributed by atoms with E-state index in [0.29, 0.717) is 18.4 Å². The van der Waals surface area contributed by atoms with Crippen molar-refractivity contribution in [1.82, 2.24) is 14.8 Å². The number of amides is 1. The second-order valence-electron chi connectivity index (χ2n) is 7.20. The molecule has 2 aromatic carbocycles. The van der Waals surface area contributed by atoms with Crippen molar-refractivity contribution in [1.29, 1.82) is 0 Å². The Balaban J connectivity index is 1.85. The summed E-state index contributed by atoms with van der Waals surface area (Å²) in [6.07, 6.45) is -3.42. The van der Waals surface area contributed by atoms with Gasteiger partial charge < -0.3 is 10.3 Å².